The van der Waals surface area contributed by atoms with Gasteiger partial charge in [0.05, 0.1) is 0 Å². The lowest BCUT2D eigenvalue weighted by atomic mass is 10.4. The average molecular weight is 212 g/mol. The highest BCUT2D eigenvalue weighted by Gasteiger charge is 2.35. The Labute approximate surface area is 75.6 Å². The molecule has 0 spiro atoms. The Bertz CT molecular complexity index is 340. The highest BCUT2D eigenvalue weighted by Crippen LogP contribution is 2.29. The number of aromatic nitrogens is 1. The van der Waals surface area contributed by atoms with E-state index in [0.29, 0.717) is 15.9 Å². The second-order valence-corrected chi connectivity index (χ2v) is 3.15. The van der Waals surface area contributed by atoms with Crippen LogP contribution in [0.15, 0.2) is 10.2 Å². The fourth-order valence-corrected chi connectivity index (χ4v) is 1.68. The number of nitrogens with zero attached hydrogens (tertiary/aromatic N) is 1. The summed E-state index contributed by atoms with van der Waals surface area (Å²) in [7, 11) is 0. The maximum absolute atomic E-state index is 12.2. The van der Waals surface area contributed by atoms with Gasteiger partial charge >= 0.3 is 11.0 Å². The van der Waals surface area contributed by atoms with Gasteiger partial charge in [0.2, 0.25) is 0 Å². The van der Waals surface area contributed by atoms with Crippen LogP contribution in [0.2, 0.25) is 0 Å². The van der Waals surface area contributed by atoms with Gasteiger partial charge in [-0.15, -0.1) is 0 Å². The molecule has 0 unspecified atom stereocenters. The summed E-state index contributed by atoms with van der Waals surface area (Å²) in [6.07, 6.45) is -4.48. The molecule has 0 fully saturated rings. The Morgan fingerprint density at radius 1 is 1.54 bits per heavy atom. The lowest BCUT2D eigenvalue weighted by Crippen LogP contribution is -2.24. The number of halogens is 3. The van der Waals surface area contributed by atoms with E-state index < -0.39 is 16.7 Å². The number of thiazole rings is 1. The molecule has 0 saturated carbocycles. The minimum atomic E-state index is -4.48. The van der Waals surface area contributed by atoms with Crippen LogP contribution in [0, 0.1) is 0 Å². The zero-order chi connectivity index (χ0) is 10.1. The van der Waals surface area contributed by atoms with Gasteiger partial charge in [0.25, 0.3) is 0 Å². The number of hydrogen-bond acceptors (Lipinski definition) is 3. The van der Waals surface area contributed by atoms with Crippen LogP contribution in [0.3, 0.4) is 0 Å². The summed E-state index contributed by atoms with van der Waals surface area (Å²) in [5, 5.41) is 0.804. The normalized spacial score (nSPS) is 12.0. The Morgan fingerprint density at radius 2 is 2.15 bits per heavy atom. The van der Waals surface area contributed by atoms with E-state index in [1.807, 2.05) is 0 Å². The molecule has 1 heterocycles. The van der Waals surface area contributed by atoms with E-state index in [1.54, 1.807) is 0 Å². The molecular formula is C6H7F3N2OS. The van der Waals surface area contributed by atoms with Crippen molar-refractivity contribution in [2.45, 2.75) is 12.7 Å². The van der Waals surface area contributed by atoms with Crippen molar-refractivity contribution in [2.24, 2.45) is 5.73 Å². The molecule has 0 aromatic carbocycles. The summed E-state index contributed by atoms with van der Waals surface area (Å²) in [5.74, 6) is 0. The van der Waals surface area contributed by atoms with Crippen LogP contribution in [0.1, 0.15) is 5.69 Å². The molecule has 74 valence electrons. The first-order valence-electron chi connectivity index (χ1n) is 3.42. The molecule has 13 heavy (non-hydrogen) atoms. The van der Waals surface area contributed by atoms with E-state index in [-0.39, 0.29) is 13.1 Å². The summed E-state index contributed by atoms with van der Waals surface area (Å²) in [4.78, 5) is 10.3. The van der Waals surface area contributed by atoms with E-state index in [0.717, 1.165) is 5.38 Å². The maximum Gasteiger partial charge on any atom is 0.432 e. The molecule has 0 aliphatic heterocycles. The lowest BCUT2D eigenvalue weighted by Gasteiger charge is -2.08. The Balaban J connectivity index is 3.15. The maximum atomic E-state index is 12.2. The second-order valence-electron chi connectivity index (χ2n) is 2.32. The fraction of sp³-hybridized carbons (Fsp3) is 0.500. The largest absolute Gasteiger partial charge is 0.432 e. The third kappa shape index (κ3) is 2.10. The monoisotopic (exact) mass is 212 g/mol. The van der Waals surface area contributed by atoms with Gasteiger partial charge in [-0.05, 0) is 0 Å². The lowest BCUT2D eigenvalue weighted by molar-refractivity contribution is -0.143. The summed E-state index contributed by atoms with van der Waals surface area (Å²) in [6, 6.07) is 0. The van der Waals surface area contributed by atoms with Gasteiger partial charge in [0, 0.05) is 18.5 Å². The highest BCUT2D eigenvalue weighted by atomic mass is 32.1. The van der Waals surface area contributed by atoms with Crippen molar-refractivity contribution in [1.82, 2.24) is 4.57 Å². The first-order chi connectivity index (χ1) is 5.96. The first kappa shape index (κ1) is 10.3. The molecule has 1 rings (SSSR count). The minimum Gasteiger partial charge on any atom is -0.329 e. The van der Waals surface area contributed by atoms with E-state index in [1.165, 1.54) is 0 Å². The van der Waals surface area contributed by atoms with Crippen molar-refractivity contribution in [3.63, 3.8) is 0 Å². The number of alkyl halides is 3. The molecule has 0 saturated heterocycles. The van der Waals surface area contributed by atoms with Crippen molar-refractivity contribution in [2.75, 3.05) is 6.54 Å². The van der Waals surface area contributed by atoms with Crippen LogP contribution in [0.5, 0.6) is 0 Å². The quantitative estimate of drug-likeness (QED) is 0.791. The highest BCUT2D eigenvalue weighted by molar-refractivity contribution is 7.07. The molecule has 0 atom stereocenters. The predicted molar refractivity (Wildman–Crippen MR) is 42.6 cm³/mol. The van der Waals surface area contributed by atoms with Crippen LogP contribution < -0.4 is 10.6 Å². The molecule has 0 aliphatic rings. The predicted octanol–water partition coefficient (Wildman–Crippen LogP) is 0.887. The van der Waals surface area contributed by atoms with E-state index in [4.69, 9.17) is 5.73 Å². The molecule has 1 aromatic rings. The average Bonchev–Trinajstić information content (AvgIpc) is 2.32. The van der Waals surface area contributed by atoms with Gasteiger partial charge < -0.3 is 5.73 Å². The molecule has 7 heteroatoms. The zero-order valence-electron chi connectivity index (χ0n) is 6.47. The molecule has 0 amide bonds. The van der Waals surface area contributed by atoms with E-state index in [9.17, 15) is 18.0 Å². The van der Waals surface area contributed by atoms with Gasteiger partial charge in [-0.25, -0.2) is 0 Å². The summed E-state index contributed by atoms with van der Waals surface area (Å²) in [5.41, 5.74) is 4.16. The summed E-state index contributed by atoms with van der Waals surface area (Å²) in [6.45, 7) is -0.0864. The number of rotatable bonds is 2. The smallest absolute Gasteiger partial charge is 0.329 e. The number of nitrogens with two attached hydrogens (primary N) is 1. The van der Waals surface area contributed by atoms with Crippen LogP contribution in [-0.2, 0) is 12.7 Å². The van der Waals surface area contributed by atoms with Crippen molar-refractivity contribution in [3.05, 3.63) is 20.7 Å². The summed E-state index contributed by atoms with van der Waals surface area (Å²) >= 11 is 0.530. The van der Waals surface area contributed by atoms with Gasteiger partial charge in [-0.2, -0.15) is 13.2 Å². The van der Waals surface area contributed by atoms with Crippen molar-refractivity contribution in [1.29, 1.82) is 0 Å². The van der Waals surface area contributed by atoms with Crippen molar-refractivity contribution in [3.8, 4) is 0 Å². The van der Waals surface area contributed by atoms with Crippen molar-refractivity contribution < 1.29 is 13.2 Å². The number of hydrogen-bond donors (Lipinski definition) is 1. The molecule has 3 nitrogen and oxygen atoms in total. The minimum absolute atomic E-state index is 0.0136. The van der Waals surface area contributed by atoms with Crippen LogP contribution >= 0.6 is 11.3 Å². The SMILES string of the molecule is NCCn1c(C(F)(F)F)csc1=O. The fourth-order valence-electron chi connectivity index (χ4n) is 0.892. The molecule has 1 aromatic heterocycles. The van der Waals surface area contributed by atoms with Gasteiger partial charge in [-0.1, -0.05) is 11.3 Å². The van der Waals surface area contributed by atoms with Gasteiger partial charge in [-0.3, -0.25) is 9.36 Å². The van der Waals surface area contributed by atoms with Crippen LogP contribution in [0.4, 0.5) is 13.2 Å². The third-order valence-corrected chi connectivity index (χ3v) is 2.19. The Morgan fingerprint density at radius 3 is 2.62 bits per heavy atom. The topological polar surface area (TPSA) is 48.0 Å². The second kappa shape index (κ2) is 3.51. The van der Waals surface area contributed by atoms with Crippen LogP contribution in [-0.4, -0.2) is 11.1 Å². The van der Waals surface area contributed by atoms with Gasteiger partial charge in [0.15, 0.2) is 0 Å². The van der Waals surface area contributed by atoms with E-state index >= 15 is 0 Å². The Kier molecular flexibility index (Phi) is 2.77. The van der Waals surface area contributed by atoms with Gasteiger partial charge in [0.1, 0.15) is 5.69 Å². The molecule has 0 aliphatic carbocycles. The van der Waals surface area contributed by atoms with Crippen molar-refractivity contribution >= 4 is 11.3 Å². The van der Waals surface area contributed by atoms with E-state index in [2.05, 4.69) is 0 Å². The summed E-state index contributed by atoms with van der Waals surface area (Å²) < 4.78 is 37.2. The molecule has 0 radical (unpaired) electrons. The third-order valence-electron chi connectivity index (χ3n) is 1.43. The molecule has 0 bridgehead atoms. The van der Waals surface area contributed by atoms with Crippen LogP contribution in [0.25, 0.3) is 0 Å². The molecular weight excluding hydrogens is 205 g/mol. The Hall–Kier alpha value is -0.820. The first-order valence-corrected chi connectivity index (χ1v) is 4.30. The molecule has 2 N–H and O–H groups in total. The zero-order valence-corrected chi connectivity index (χ0v) is 7.28. The standard InChI is InChI=1S/C6H7F3N2OS/c7-6(8,9)4-3-13-5(12)11(4)2-1-10/h3H,1-2,10H2.